The Morgan fingerprint density at radius 1 is 1.32 bits per heavy atom. The molecule has 1 unspecified atom stereocenters. The Bertz CT molecular complexity index is 903. The highest BCUT2D eigenvalue weighted by Crippen LogP contribution is 2.31. The fourth-order valence-electron chi connectivity index (χ4n) is 3.63. The Morgan fingerprint density at radius 2 is 1.97 bits per heavy atom. The normalized spacial score (nSPS) is 19.4. The predicted octanol–water partition coefficient (Wildman–Crippen LogP) is 4.01. The maximum atomic E-state index is 14.2. The molecule has 0 radical (unpaired) electrons. The number of imide groups is 1. The first-order valence-corrected chi connectivity index (χ1v) is 11.3. The Labute approximate surface area is 204 Å². The van der Waals surface area contributed by atoms with Crippen molar-refractivity contribution in [1.82, 2.24) is 10.2 Å². The molecule has 2 rings (SSSR count). The van der Waals surface area contributed by atoms with Gasteiger partial charge >= 0.3 is 6.09 Å². The fraction of sp³-hybridized carbons (Fsp3) is 0.609. The summed E-state index contributed by atoms with van der Waals surface area (Å²) in [7, 11) is 4.30. The van der Waals surface area contributed by atoms with Crippen LogP contribution in [0.25, 0.3) is 0 Å². The molecular weight excluding hydrogens is 467 g/mol. The summed E-state index contributed by atoms with van der Waals surface area (Å²) in [5, 5.41) is 13.8. The van der Waals surface area contributed by atoms with Gasteiger partial charge < -0.3 is 29.4 Å². The molecule has 0 aromatic rings. The van der Waals surface area contributed by atoms with Gasteiger partial charge in [0.05, 0.1) is 12.8 Å². The Balaban J connectivity index is 2.38. The lowest BCUT2D eigenvalue weighted by atomic mass is 9.92. The molecule has 9 nitrogen and oxygen atoms in total. The van der Waals surface area contributed by atoms with Gasteiger partial charge in [0.2, 0.25) is 0 Å². The van der Waals surface area contributed by atoms with Crippen molar-refractivity contribution >= 4 is 29.2 Å². The third-order valence-electron chi connectivity index (χ3n) is 5.28. The van der Waals surface area contributed by atoms with Crippen LogP contribution in [0.5, 0.6) is 0 Å². The van der Waals surface area contributed by atoms with Gasteiger partial charge in [-0.3, -0.25) is 4.79 Å². The molecule has 0 spiro atoms. The van der Waals surface area contributed by atoms with Crippen LogP contribution in [0.4, 0.5) is 9.18 Å². The summed E-state index contributed by atoms with van der Waals surface area (Å²) in [6.07, 6.45) is 1.61. The van der Waals surface area contributed by atoms with Crippen molar-refractivity contribution < 1.29 is 38.0 Å². The average molecular weight is 501 g/mol. The van der Waals surface area contributed by atoms with E-state index < -0.39 is 35.6 Å². The highest BCUT2D eigenvalue weighted by Gasteiger charge is 2.41. The molecule has 2 aliphatic rings. The molecule has 11 heteroatoms. The van der Waals surface area contributed by atoms with E-state index in [-0.39, 0.29) is 40.7 Å². The molecule has 34 heavy (non-hydrogen) atoms. The van der Waals surface area contributed by atoms with E-state index >= 15 is 0 Å². The molecule has 0 bridgehead atoms. The van der Waals surface area contributed by atoms with Crippen molar-refractivity contribution in [3.05, 3.63) is 34.7 Å². The minimum absolute atomic E-state index is 0.0273. The number of rotatable bonds is 8. The molecule has 1 aliphatic carbocycles. The number of carbonyl (C=O) groups is 2. The van der Waals surface area contributed by atoms with Gasteiger partial charge in [0, 0.05) is 33.1 Å². The largest absolute Gasteiger partial charge is 0.511 e. The average Bonchev–Trinajstić information content (AvgIpc) is 2.74. The lowest BCUT2D eigenvalue weighted by molar-refractivity contribution is -0.128. The number of allylic oxidation sites excluding steroid dienone is 2. The molecule has 2 amide bonds. The number of thiocarbonyl (C=S) groups is 1. The van der Waals surface area contributed by atoms with Crippen LogP contribution >= 0.6 is 12.2 Å². The van der Waals surface area contributed by atoms with E-state index in [1.165, 1.54) is 21.3 Å². The number of methoxy groups -OCH3 is 3. The van der Waals surface area contributed by atoms with E-state index in [1.807, 2.05) is 0 Å². The first-order valence-electron chi connectivity index (χ1n) is 10.9. The third kappa shape index (κ3) is 6.77. The molecule has 2 N–H and O–H groups in total. The summed E-state index contributed by atoms with van der Waals surface area (Å²) in [5.41, 5.74) is -0.852. The molecule has 0 aromatic carbocycles. The van der Waals surface area contributed by atoms with Gasteiger partial charge in [0.1, 0.15) is 27.7 Å². The molecule has 190 valence electrons. The highest BCUT2D eigenvalue weighted by molar-refractivity contribution is 7.80. The molecule has 0 fully saturated rings. The standard InChI is InChI=1S/C23H33FN2O7S/c1-23(2,3)33-22(29)26-12-13(10-11-16(30-4)31-5)18(27)17(21(26)28)20(34)25-15-9-7-8-14(24)19(15)32-6/h9,13,16,27H,7-8,10-12H2,1-6H3,(H,25,34). The minimum atomic E-state index is -0.856. The van der Waals surface area contributed by atoms with Crippen LogP contribution in [0.3, 0.4) is 0 Å². The molecule has 0 saturated heterocycles. The number of nitrogens with one attached hydrogen (secondary N) is 1. The smallest absolute Gasteiger partial charge is 0.417 e. The molecule has 0 saturated carbocycles. The van der Waals surface area contributed by atoms with E-state index in [2.05, 4.69) is 5.32 Å². The topological polar surface area (TPSA) is 107 Å². The molecule has 1 heterocycles. The Morgan fingerprint density at radius 3 is 2.53 bits per heavy atom. The lowest BCUT2D eigenvalue weighted by Gasteiger charge is -2.34. The SMILES string of the molecule is COC1=C(F)CCC=C1NC(=S)C1=C(O)C(CCC(OC)OC)CN(C(=O)OC(C)(C)C)C1=O. The van der Waals surface area contributed by atoms with E-state index in [9.17, 15) is 19.1 Å². The van der Waals surface area contributed by atoms with Gasteiger partial charge in [0.15, 0.2) is 12.0 Å². The van der Waals surface area contributed by atoms with Crippen LogP contribution < -0.4 is 5.32 Å². The zero-order chi connectivity index (χ0) is 25.6. The van der Waals surface area contributed by atoms with E-state index in [0.717, 1.165) is 4.90 Å². The summed E-state index contributed by atoms with van der Waals surface area (Å²) in [6, 6.07) is 0. The summed E-state index contributed by atoms with van der Waals surface area (Å²) in [4.78, 5) is 26.8. The van der Waals surface area contributed by atoms with Gasteiger partial charge in [-0.05, 0) is 40.0 Å². The Kier molecular flexibility index (Phi) is 9.60. The van der Waals surface area contributed by atoms with Crippen molar-refractivity contribution in [3.63, 3.8) is 0 Å². The third-order valence-corrected chi connectivity index (χ3v) is 5.58. The summed E-state index contributed by atoms with van der Waals surface area (Å²) in [5.74, 6) is -2.20. The van der Waals surface area contributed by atoms with Crippen molar-refractivity contribution in [2.75, 3.05) is 27.9 Å². The van der Waals surface area contributed by atoms with Crippen LogP contribution in [0.2, 0.25) is 0 Å². The van der Waals surface area contributed by atoms with Crippen LogP contribution in [-0.4, -0.2) is 66.8 Å². The number of hydrogen-bond acceptors (Lipinski definition) is 8. The van der Waals surface area contributed by atoms with Gasteiger partial charge in [0.25, 0.3) is 5.91 Å². The second-order valence-corrected chi connectivity index (χ2v) is 9.29. The second kappa shape index (κ2) is 11.8. The monoisotopic (exact) mass is 500 g/mol. The number of hydrogen-bond donors (Lipinski definition) is 2. The molecule has 0 aromatic heterocycles. The van der Waals surface area contributed by atoms with Crippen LogP contribution in [0.1, 0.15) is 46.5 Å². The minimum Gasteiger partial charge on any atom is -0.511 e. The fourth-order valence-corrected chi connectivity index (χ4v) is 3.93. The maximum absolute atomic E-state index is 14.2. The number of aliphatic hydroxyl groups is 1. The number of amides is 2. The van der Waals surface area contributed by atoms with Gasteiger partial charge in [-0.15, -0.1) is 0 Å². The quantitative estimate of drug-likeness (QED) is 0.378. The van der Waals surface area contributed by atoms with Crippen molar-refractivity contribution in [1.29, 1.82) is 0 Å². The summed E-state index contributed by atoms with van der Waals surface area (Å²) < 4.78 is 35.1. The molecular formula is C23H33FN2O7S. The van der Waals surface area contributed by atoms with Crippen LogP contribution in [0.15, 0.2) is 34.7 Å². The zero-order valence-electron chi connectivity index (χ0n) is 20.4. The van der Waals surface area contributed by atoms with Crippen molar-refractivity contribution in [2.24, 2.45) is 5.92 Å². The van der Waals surface area contributed by atoms with E-state index in [0.29, 0.717) is 19.3 Å². The molecule has 1 aliphatic heterocycles. The number of aliphatic hydroxyl groups excluding tert-OH is 1. The van der Waals surface area contributed by atoms with Gasteiger partial charge in [-0.1, -0.05) is 18.3 Å². The van der Waals surface area contributed by atoms with Gasteiger partial charge in [-0.25, -0.2) is 14.1 Å². The Hall–Kier alpha value is -2.50. The number of halogens is 1. The molecule has 1 atom stereocenters. The lowest BCUT2D eigenvalue weighted by Crippen LogP contribution is -2.50. The number of ether oxygens (including phenoxy) is 4. The zero-order valence-corrected chi connectivity index (χ0v) is 21.2. The number of carbonyl (C=O) groups excluding carboxylic acids is 2. The maximum Gasteiger partial charge on any atom is 0.417 e. The summed E-state index contributed by atoms with van der Waals surface area (Å²) in [6.45, 7) is 4.94. The number of nitrogens with zero attached hydrogens (tertiary/aromatic N) is 1. The van der Waals surface area contributed by atoms with Crippen molar-refractivity contribution in [3.8, 4) is 0 Å². The highest BCUT2D eigenvalue weighted by atomic mass is 32.1. The second-order valence-electron chi connectivity index (χ2n) is 8.88. The van der Waals surface area contributed by atoms with Crippen LogP contribution in [-0.2, 0) is 23.7 Å². The van der Waals surface area contributed by atoms with Gasteiger partial charge in [-0.2, -0.15) is 0 Å². The first-order chi connectivity index (χ1) is 15.9. The van der Waals surface area contributed by atoms with Crippen LogP contribution in [0, 0.1) is 5.92 Å². The summed E-state index contributed by atoms with van der Waals surface area (Å²) >= 11 is 5.41. The predicted molar refractivity (Wildman–Crippen MR) is 126 cm³/mol. The first kappa shape index (κ1) is 27.7. The van der Waals surface area contributed by atoms with E-state index in [1.54, 1.807) is 26.8 Å². The van der Waals surface area contributed by atoms with Crippen molar-refractivity contribution in [2.45, 2.75) is 58.3 Å². The van der Waals surface area contributed by atoms with E-state index in [4.69, 9.17) is 31.2 Å².